The molecule has 6 N–H and O–H groups in total. The summed E-state index contributed by atoms with van der Waals surface area (Å²) in [5.41, 5.74) is 0. The van der Waals surface area contributed by atoms with E-state index >= 15 is 0 Å². The molecule has 6 unspecified atom stereocenters. The highest BCUT2D eigenvalue weighted by Gasteiger charge is 2.51. The number of rotatable bonds is 36. The molecule has 0 saturated heterocycles. The van der Waals surface area contributed by atoms with Crippen LogP contribution < -0.4 is 0 Å². The predicted molar refractivity (Wildman–Crippen MR) is 221 cm³/mol. The third-order valence-electron chi connectivity index (χ3n) is 10.0. The lowest BCUT2D eigenvalue weighted by Crippen LogP contribution is -2.64. The standard InChI is InChI=1S/C43H79O12P/c1-3-5-7-9-11-13-15-17-19-20-22-24-26-28-30-32-37(44)54-36(34-52-33-31-29-27-25-23-21-18-16-14-12-10-8-6-4-2)35-53-56(50,51)55-43-41(48)39(46)38(45)40(47)42(43)49/h5,7,11,13,17,19,36,38-43,45-49H,3-4,6,8-10,12,14-16,18,20-35H2,1-2H3,(H,50,51)/b7-5-,13-11-,19-17-. The van der Waals surface area contributed by atoms with E-state index in [1.165, 1.54) is 70.6 Å². The lowest BCUT2D eigenvalue weighted by Gasteiger charge is -2.41. The van der Waals surface area contributed by atoms with Crippen molar-refractivity contribution in [1.29, 1.82) is 0 Å². The molecule has 0 bridgehead atoms. The molecule has 13 heteroatoms. The highest BCUT2D eigenvalue weighted by Crippen LogP contribution is 2.47. The third kappa shape index (κ3) is 26.5. The fraction of sp³-hybridized carbons (Fsp3) is 0.837. The number of unbranched alkanes of at least 4 members (excludes halogenated alkanes) is 18. The molecule has 0 aromatic heterocycles. The maximum Gasteiger partial charge on any atom is 0.472 e. The molecule has 1 rings (SSSR count). The number of phosphoric ester groups is 1. The van der Waals surface area contributed by atoms with Gasteiger partial charge in [-0.15, -0.1) is 0 Å². The summed E-state index contributed by atoms with van der Waals surface area (Å²) >= 11 is 0. The van der Waals surface area contributed by atoms with Gasteiger partial charge in [0, 0.05) is 13.0 Å². The number of phosphoric acid groups is 1. The van der Waals surface area contributed by atoms with E-state index in [1.54, 1.807) is 0 Å². The van der Waals surface area contributed by atoms with Crippen molar-refractivity contribution >= 4 is 13.8 Å². The van der Waals surface area contributed by atoms with Gasteiger partial charge < -0.3 is 39.9 Å². The largest absolute Gasteiger partial charge is 0.472 e. The van der Waals surface area contributed by atoms with Crippen LogP contribution in [0.5, 0.6) is 0 Å². The zero-order valence-electron chi connectivity index (χ0n) is 34.7. The van der Waals surface area contributed by atoms with E-state index in [2.05, 4.69) is 50.3 Å². The molecule has 328 valence electrons. The minimum absolute atomic E-state index is 0.0816. The Kier molecular flexibility index (Phi) is 32.3. The smallest absolute Gasteiger partial charge is 0.457 e. The fourth-order valence-electron chi connectivity index (χ4n) is 6.55. The van der Waals surface area contributed by atoms with E-state index in [0.717, 1.165) is 70.6 Å². The second kappa shape index (κ2) is 34.4. The van der Waals surface area contributed by atoms with Crippen molar-refractivity contribution < 1.29 is 58.3 Å². The Labute approximate surface area is 338 Å². The van der Waals surface area contributed by atoms with Crippen molar-refractivity contribution in [2.75, 3.05) is 19.8 Å². The summed E-state index contributed by atoms with van der Waals surface area (Å²) in [6, 6.07) is 0. The summed E-state index contributed by atoms with van der Waals surface area (Å²) in [6.45, 7) is 4.12. The van der Waals surface area contributed by atoms with Gasteiger partial charge in [0.25, 0.3) is 0 Å². The van der Waals surface area contributed by atoms with Crippen LogP contribution in [-0.4, -0.2) is 98.9 Å². The predicted octanol–water partition coefficient (Wildman–Crippen LogP) is 8.31. The molecule has 0 aliphatic heterocycles. The second-order valence-corrected chi connectivity index (χ2v) is 16.6. The Hall–Kier alpha value is -1.44. The highest BCUT2D eigenvalue weighted by atomic mass is 31.2. The summed E-state index contributed by atoms with van der Waals surface area (Å²) < 4.78 is 34.1. The fourth-order valence-corrected chi connectivity index (χ4v) is 7.52. The van der Waals surface area contributed by atoms with Crippen LogP contribution in [0, 0.1) is 0 Å². The van der Waals surface area contributed by atoms with E-state index in [0.29, 0.717) is 13.0 Å². The van der Waals surface area contributed by atoms with Crippen molar-refractivity contribution in [1.82, 2.24) is 0 Å². The molecule has 1 aliphatic carbocycles. The third-order valence-corrected chi connectivity index (χ3v) is 11.0. The number of allylic oxidation sites excluding steroid dienone is 6. The topological polar surface area (TPSA) is 192 Å². The first kappa shape index (κ1) is 52.6. The lowest BCUT2D eigenvalue weighted by molar-refractivity contribution is -0.220. The highest BCUT2D eigenvalue weighted by molar-refractivity contribution is 7.47. The maximum absolute atomic E-state index is 12.8. The molecule has 0 aromatic rings. The summed E-state index contributed by atoms with van der Waals surface area (Å²) in [6.07, 6.45) is 26.4. The number of hydrogen-bond donors (Lipinski definition) is 6. The first-order chi connectivity index (χ1) is 27.0. The number of ether oxygens (including phenoxy) is 2. The van der Waals surface area contributed by atoms with Crippen molar-refractivity contribution in [2.24, 2.45) is 0 Å². The molecule has 0 heterocycles. The van der Waals surface area contributed by atoms with Gasteiger partial charge >= 0.3 is 13.8 Å². The first-order valence-corrected chi connectivity index (χ1v) is 23.3. The van der Waals surface area contributed by atoms with Gasteiger partial charge in [-0.05, 0) is 44.9 Å². The Morgan fingerprint density at radius 1 is 0.589 bits per heavy atom. The normalized spacial score (nSPS) is 23.4. The SMILES string of the molecule is CC/C=C\C/C=C\C/C=C\CCCCCCCC(=O)OC(COCCCCCCCCCCCCCCCC)COP(=O)(O)OC1C(O)C(O)C(O)C(O)C1O. The van der Waals surface area contributed by atoms with Crippen LogP contribution in [0.25, 0.3) is 0 Å². The van der Waals surface area contributed by atoms with Gasteiger partial charge in [-0.2, -0.15) is 0 Å². The molecule has 1 fully saturated rings. The van der Waals surface area contributed by atoms with Crippen LogP contribution in [0.4, 0.5) is 0 Å². The minimum Gasteiger partial charge on any atom is -0.457 e. The van der Waals surface area contributed by atoms with Gasteiger partial charge in [0.05, 0.1) is 13.2 Å². The summed E-state index contributed by atoms with van der Waals surface area (Å²) in [5, 5.41) is 50.1. The number of esters is 1. The first-order valence-electron chi connectivity index (χ1n) is 21.8. The van der Waals surface area contributed by atoms with Gasteiger partial charge in [-0.1, -0.05) is 153 Å². The molecule has 1 aliphatic rings. The van der Waals surface area contributed by atoms with Crippen molar-refractivity contribution in [3.8, 4) is 0 Å². The number of carbonyl (C=O) groups is 1. The van der Waals surface area contributed by atoms with Crippen LogP contribution in [0.3, 0.4) is 0 Å². The molecule has 56 heavy (non-hydrogen) atoms. The average molecular weight is 819 g/mol. The molecule has 0 amide bonds. The summed E-state index contributed by atoms with van der Waals surface area (Å²) in [4.78, 5) is 23.1. The monoisotopic (exact) mass is 819 g/mol. The Balaban J connectivity index is 2.43. The summed E-state index contributed by atoms with van der Waals surface area (Å²) in [7, 11) is -5.02. The lowest BCUT2D eigenvalue weighted by atomic mass is 9.85. The van der Waals surface area contributed by atoms with Gasteiger partial charge in [0.15, 0.2) is 0 Å². The quantitative estimate of drug-likeness (QED) is 0.0154. The molecule has 12 nitrogen and oxygen atoms in total. The minimum atomic E-state index is -5.02. The molecular formula is C43H79O12P. The van der Waals surface area contributed by atoms with Gasteiger partial charge in [0.1, 0.15) is 42.7 Å². The number of carbonyl (C=O) groups excluding carboxylic acids is 1. The molecule has 1 saturated carbocycles. The van der Waals surface area contributed by atoms with Crippen LogP contribution in [0.1, 0.15) is 168 Å². The Morgan fingerprint density at radius 2 is 1.05 bits per heavy atom. The van der Waals surface area contributed by atoms with E-state index in [-0.39, 0.29) is 13.0 Å². The number of aliphatic hydroxyl groups excluding tert-OH is 5. The van der Waals surface area contributed by atoms with Crippen molar-refractivity contribution in [2.45, 2.75) is 211 Å². The molecule has 6 atom stereocenters. The van der Waals surface area contributed by atoms with Gasteiger partial charge in [-0.3, -0.25) is 13.8 Å². The second-order valence-electron chi connectivity index (χ2n) is 15.2. The van der Waals surface area contributed by atoms with Crippen molar-refractivity contribution in [3.63, 3.8) is 0 Å². The van der Waals surface area contributed by atoms with E-state index in [1.807, 2.05) is 0 Å². The molecule has 0 radical (unpaired) electrons. The van der Waals surface area contributed by atoms with Gasteiger partial charge in [0.2, 0.25) is 0 Å². The molecule has 0 spiro atoms. The van der Waals surface area contributed by atoms with Crippen LogP contribution in [0.2, 0.25) is 0 Å². The average Bonchev–Trinajstić information content (AvgIpc) is 3.18. The number of aliphatic hydroxyl groups is 5. The van der Waals surface area contributed by atoms with Gasteiger partial charge in [-0.25, -0.2) is 4.57 Å². The Morgan fingerprint density at radius 3 is 1.61 bits per heavy atom. The maximum atomic E-state index is 12.8. The van der Waals surface area contributed by atoms with Crippen LogP contribution >= 0.6 is 7.82 Å². The number of hydrogen-bond acceptors (Lipinski definition) is 11. The van der Waals surface area contributed by atoms with E-state index < -0.39 is 63.1 Å². The van der Waals surface area contributed by atoms with E-state index in [9.17, 15) is 39.8 Å². The summed E-state index contributed by atoms with van der Waals surface area (Å²) in [5.74, 6) is -0.494. The van der Waals surface area contributed by atoms with E-state index in [4.69, 9.17) is 18.5 Å². The molecular weight excluding hydrogens is 739 g/mol. The zero-order chi connectivity index (χ0) is 41.3. The Bertz CT molecular complexity index is 1070. The zero-order valence-corrected chi connectivity index (χ0v) is 35.6. The van der Waals surface area contributed by atoms with Crippen LogP contribution in [-0.2, 0) is 27.9 Å². The van der Waals surface area contributed by atoms with Crippen molar-refractivity contribution in [3.05, 3.63) is 36.5 Å². The molecule has 0 aromatic carbocycles. The van der Waals surface area contributed by atoms with Crippen LogP contribution in [0.15, 0.2) is 36.5 Å².